The van der Waals surface area contributed by atoms with Gasteiger partial charge in [-0.2, -0.15) is 0 Å². The number of piperazine rings is 1. The summed E-state index contributed by atoms with van der Waals surface area (Å²) in [5.74, 6) is 1.90. The van der Waals surface area contributed by atoms with E-state index in [0.717, 1.165) is 56.3 Å². The summed E-state index contributed by atoms with van der Waals surface area (Å²) in [6, 6.07) is 16.3. The van der Waals surface area contributed by atoms with Gasteiger partial charge in [-0.25, -0.2) is 0 Å². The van der Waals surface area contributed by atoms with Crippen molar-refractivity contribution in [2.75, 3.05) is 62.7 Å². The van der Waals surface area contributed by atoms with Crippen molar-refractivity contribution in [2.45, 2.75) is 20.3 Å². The highest BCUT2D eigenvalue weighted by molar-refractivity contribution is 14.0. The van der Waals surface area contributed by atoms with Crippen molar-refractivity contribution in [2.24, 2.45) is 10.7 Å². The number of halogens is 1. The molecule has 1 fully saturated rings. The molecule has 0 saturated carbocycles. The third-order valence-electron chi connectivity index (χ3n) is 5.23. The minimum Gasteiger partial charge on any atom is -0.494 e. The van der Waals surface area contributed by atoms with Crippen molar-refractivity contribution in [1.29, 1.82) is 0 Å². The number of hydrogen-bond donors (Lipinski definition) is 2. The molecule has 8 heteroatoms. The van der Waals surface area contributed by atoms with Gasteiger partial charge in [0.25, 0.3) is 0 Å². The Labute approximate surface area is 209 Å². The molecule has 0 spiro atoms. The van der Waals surface area contributed by atoms with Gasteiger partial charge in [0.05, 0.1) is 18.9 Å². The van der Waals surface area contributed by atoms with Crippen LogP contribution in [-0.2, 0) is 0 Å². The second-order valence-corrected chi connectivity index (χ2v) is 7.43. The Morgan fingerprint density at radius 2 is 1.72 bits per heavy atom. The van der Waals surface area contributed by atoms with Gasteiger partial charge in [0.1, 0.15) is 11.5 Å². The van der Waals surface area contributed by atoms with Crippen LogP contribution in [0.15, 0.2) is 53.5 Å². The number of benzene rings is 2. The van der Waals surface area contributed by atoms with Gasteiger partial charge in [0.15, 0.2) is 5.96 Å². The molecule has 2 aromatic carbocycles. The van der Waals surface area contributed by atoms with Crippen molar-refractivity contribution in [1.82, 2.24) is 4.90 Å². The molecule has 0 bridgehead atoms. The molecule has 32 heavy (non-hydrogen) atoms. The average molecular weight is 553 g/mol. The van der Waals surface area contributed by atoms with Gasteiger partial charge in [-0.1, -0.05) is 18.2 Å². The van der Waals surface area contributed by atoms with Crippen LogP contribution in [0.1, 0.15) is 20.3 Å². The maximum Gasteiger partial charge on any atom is 0.193 e. The van der Waals surface area contributed by atoms with E-state index in [1.807, 2.05) is 32.0 Å². The molecule has 0 radical (unpaired) electrons. The predicted molar refractivity (Wildman–Crippen MR) is 144 cm³/mol. The summed E-state index contributed by atoms with van der Waals surface area (Å²) in [4.78, 5) is 9.44. The van der Waals surface area contributed by atoms with Crippen LogP contribution in [0.2, 0.25) is 0 Å². The molecule has 0 aromatic heterocycles. The molecule has 0 atom stereocenters. The minimum atomic E-state index is 0. The molecule has 1 saturated heterocycles. The Kier molecular flexibility index (Phi) is 11.4. The number of para-hydroxylation sites is 1. The Bertz CT molecular complexity index is 826. The molecular formula is C24H36IN5O2. The molecule has 0 unspecified atom stereocenters. The summed E-state index contributed by atoms with van der Waals surface area (Å²) in [5.41, 5.74) is 8.20. The fourth-order valence-corrected chi connectivity index (χ4v) is 3.68. The predicted octanol–water partition coefficient (Wildman–Crippen LogP) is 4.04. The zero-order valence-corrected chi connectivity index (χ0v) is 21.5. The highest BCUT2D eigenvalue weighted by Gasteiger charge is 2.16. The number of guanidine groups is 1. The number of nitrogens with zero attached hydrogens (tertiary/aromatic N) is 3. The van der Waals surface area contributed by atoms with E-state index in [0.29, 0.717) is 25.7 Å². The van der Waals surface area contributed by atoms with E-state index in [1.165, 1.54) is 5.69 Å². The fourth-order valence-electron chi connectivity index (χ4n) is 3.68. The summed E-state index contributed by atoms with van der Waals surface area (Å²) in [5, 5.41) is 3.16. The first-order chi connectivity index (χ1) is 15.2. The first-order valence-corrected chi connectivity index (χ1v) is 11.2. The van der Waals surface area contributed by atoms with E-state index in [-0.39, 0.29) is 24.0 Å². The minimum absolute atomic E-state index is 0. The number of nitrogens with one attached hydrogen (secondary N) is 1. The smallest absolute Gasteiger partial charge is 0.193 e. The number of rotatable bonds is 10. The highest BCUT2D eigenvalue weighted by atomic mass is 127. The summed E-state index contributed by atoms with van der Waals surface area (Å²) in [6.07, 6.45) is 0.977. The Balaban J connectivity index is 0.00000363. The molecule has 1 aliphatic rings. The van der Waals surface area contributed by atoms with Crippen LogP contribution in [0, 0.1) is 0 Å². The quantitative estimate of drug-likeness (QED) is 0.200. The van der Waals surface area contributed by atoms with Crippen molar-refractivity contribution in [3.8, 4) is 11.5 Å². The lowest BCUT2D eigenvalue weighted by atomic mass is 10.2. The van der Waals surface area contributed by atoms with E-state index < -0.39 is 0 Å². The number of nitrogens with two attached hydrogens (primary N) is 1. The molecule has 2 aromatic rings. The SMILES string of the molecule is CCOc1ccc(OCC)c(NC(N)=NCCCN2CCN(c3ccccc3)CC2)c1.I. The largest absolute Gasteiger partial charge is 0.494 e. The molecular weight excluding hydrogens is 517 g/mol. The van der Waals surface area contributed by atoms with Crippen LogP contribution in [-0.4, -0.2) is 63.3 Å². The van der Waals surface area contributed by atoms with Crippen molar-refractivity contribution >= 4 is 41.3 Å². The number of anilines is 2. The first kappa shape index (κ1) is 26.1. The molecule has 0 aliphatic carbocycles. The van der Waals surface area contributed by atoms with Crippen LogP contribution in [0.4, 0.5) is 11.4 Å². The van der Waals surface area contributed by atoms with Crippen LogP contribution in [0.5, 0.6) is 11.5 Å². The number of ether oxygens (including phenoxy) is 2. The van der Waals surface area contributed by atoms with Gasteiger partial charge in [0.2, 0.25) is 0 Å². The molecule has 3 rings (SSSR count). The lowest BCUT2D eigenvalue weighted by molar-refractivity contribution is 0.256. The van der Waals surface area contributed by atoms with E-state index >= 15 is 0 Å². The zero-order chi connectivity index (χ0) is 21.9. The third kappa shape index (κ3) is 8.05. The van der Waals surface area contributed by atoms with E-state index in [1.54, 1.807) is 0 Å². The van der Waals surface area contributed by atoms with Gasteiger partial charge in [-0.05, 0) is 44.5 Å². The Hall–Kier alpha value is -2.20. The van der Waals surface area contributed by atoms with Crippen LogP contribution in [0.3, 0.4) is 0 Å². The zero-order valence-electron chi connectivity index (χ0n) is 19.1. The fraction of sp³-hybridized carbons (Fsp3) is 0.458. The molecule has 0 amide bonds. The maximum atomic E-state index is 6.12. The van der Waals surface area contributed by atoms with Crippen molar-refractivity contribution < 1.29 is 9.47 Å². The van der Waals surface area contributed by atoms with Crippen LogP contribution < -0.4 is 25.4 Å². The lowest BCUT2D eigenvalue weighted by Gasteiger charge is -2.36. The van der Waals surface area contributed by atoms with Gasteiger partial charge >= 0.3 is 0 Å². The van der Waals surface area contributed by atoms with E-state index in [9.17, 15) is 0 Å². The first-order valence-electron chi connectivity index (χ1n) is 11.2. The van der Waals surface area contributed by atoms with Gasteiger partial charge in [0, 0.05) is 51.0 Å². The number of hydrogen-bond acceptors (Lipinski definition) is 5. The summed E-state index contributed by atoms with van der Waals surface area (Å²) >= 11 is 0. The van der Waals surface area contributed by atoms with Gasteiger partial charge in [-0.15, -0.1) is 24.0 Å². The molecule has 3 N–H and O–H groups in total. The second-order valence-electron chi connectivity index (χ2n) is 7.43. The number of aliphatic imine (C=N–C) groups is 1. The average Bonchev–Trinajstić information content (AvgIpc) is 2.80. The molecule has 176 valence electrons. The normalized spacial score (nSPS) is 14.6. The maximum absolute atomic E-state index is 6.12. The van der Waals surface area contributed by atoms with E-state index in [4.69, 9.17) is 15.2 Å². The summed E-state index contributed by atoms with van der Waals surface area (Å²) < 4.78 is 11.3. The highest BCUT2D eigenvalue weighted by Crippen LogP contribution is 2.29. The topological polar surface area (TPSA) is 75.3 Å². The Morgan fingerprint density at radius 3 is 2.41 bits per heavy atom. The standard InChI is InChI=1S/C24H35N5O2.HI/c1-3-30-21-11-12-23(31-4-2)22(19-21)27-24(25)26-13-8-14-28-15-17-29(18-16-28)20-9-6-5-7-10-20;/h5-7,9-12,19H,3-4,8,13-18H2,1-2H3,(H3,25,26,27);1H. The van der Waals surface area contributed by atoms with Gasteiger partial charge in [-0.3, -0.25) is 9.89 Å². The van der Waals surface area contributed by atoms with Crippen LogP contribution in [0.25, 0.3) is 0 Å². The monoisotopic (exact) mass is 553 g/mol. The van der Waals surface area contributed by atoms with Crippen LogP contribution >= 0.6 is 24.0 Å². The molecule has 7 nitrogen and oxygen atoms in total. The second kappa shape index (κ2) is 14.1. The van der Waals surface area contributed by atoms with E-state index in [2.05, 4.69) is 50.4 Å². The lowest BCUT2D eigenvalue weighted by Crippen LogP contribution is -2.46. The summed E-state index contributed by atoms with van der Waals surface area (Å²) in [6.45, 7) is 11.1. The molecule has 1 aliphatic heterocycles. The molecule has 1 heterocycles. The van der Waals surface area contributed by atoms with Gasteiger partial charge < -0.3 is 25.4 Å². The third-order valence-corrected chi connectivity index (χ3v) is 5.23. The van der Waals surface area contributed by atoms with Crippen molar-refractivity contribution in [3.05, 3.63) is 48.5 Å². The summed E-state index contributed by atoms with van der Waals surface area (Å²) in [7, 11) is 0. The Morgan fingerprint density at radius 1 is 1.00 bits per heavy atom. The van der Waals surface area contributed by atoms with Crippen molar-refractivity contribution in [3.63, 3.8) is 0 Å².